The smallest absolute Gasteiger partial charge is 0.308 e. The molecule has 28 heavy (non-hydrogen) atoms. The van der Waals surface area contributed by atoms with Crippen LogP contribution in [-0.4, -0.2) is 36.7 Å². The van der Waals surface area contributed by atoms with E-state index in [1.54, 1.807) is 0 Å². The fourth-order valence-corrected chi connectivity index (χ4v) is 2.64. The van der Waals surface area contributed by atoms with Crippen molar-refractivity contribution in [3.8, 4) is 0 Å². The molecule has 166 valence electrons. The molecule has 0 radical (unpaired) electrons. The lowest BCUT2D eigenvalue weighted by Gasteiger charge is -2.30. The Labute approximate surface area is 173 Å². The highest BCUT2D eigenvalue weighted by molar-refractivity contribution is 5.82. The third-order valence-electron chi connectivity index (χ3n) is 5.50. The van der Waals surface area contributed by atoms with E-state index in [-0.39, 0.29) is 23.8 Å². The van der Waals surface area contributed by atoms with Gasteiger partial charge in [-0.05, 0) is 45.4 Å². The molecule has 0 aromatic carbocycles. The number of rotatable bonds is 13. The molecule has 0 heterocycles. The molecule has 0 aromatic heterocycles. The summed E-state index contributed by atoms with van der Waals surface area (Å²) in [4.78, 5) is 24.2. The van der Waals surface area contributed by atoms with Crippen molar-refractivity contribution in [3.05, 3.63) is 0 Å². The van der Waals surface area contributed by atoms with E-state index in [0.29, 0.717) is 37.9 Å². The van der Waals surface area contributed by atoms with Crippen molar-refractivity contribution in [2.24, 2.45) is 23.2 Å². The molecule has 0 saturated carbocycles. The molecule has 0 spiro atoms. The number of hydrogen-bond acceptors (Lipinski definition) is 4. The van der Waals surface area contributed by atoms with Gasteiger partial charge in [-0.1, -0.05) is 48.5 Å². The van der Waals surface area contributed by atoms with Crippen molar-refractivity contribution >= 4 is 11.9 Å². The van der Waals surface area contributed by atoms with E-state index in [2.05, 4.69) is 33.0 Å². The summed E-state index contributed by atoms with van der Waals surface area (Å²) in [6.07, 6.45) is 2.25. The van der Waals surface area contributed by atoms with Gasteiger partial charge in [0.15, 0.2) is 0 Å². The summed E-state index contributed by atoms with van der Waals surface area (Å²) in [6, 6.07) is 0.164. The highest BCUT2D eigenvalue weighted by Crippen LogP contribution is 2.24. The molecule has 1 N–H and O–H groups in total. The minimum Gasteiger partial charge on any atom is -0.465 e. The number of hydrogen-bond donors (Lipinski definition) is 1. The standard InChI is InChI=1S/C23H45NO4/c1-16(2)18(5)15-19(6)24-21(26)22(7,8)11-14-28-23(9,10)12-13-27-20(25)17(3)4/h16-19H,11-15H2,1-10H3,(H,24,26). The maximum Gasteiger partial charge on any atom is 0.308 e. The largest absolute Gasteiger partial charge is 0.465 e. The Balaban J connectivity index is 4.35. The highest BCUT2D eigenvalue weighted by Gasteiger charge is 2.30. The lowest BCUT2D eigenvalue weighted by molar-refractivity contribution is -0.149. The van der Waals surface area contributed by atoms with Gasteiger partial charge < -0.3 is 14.8 Å². The molecule has 2 unspecified atom stereocenters. The molecule has 5 heteroatoms. The Bertz CT molecular complexity index is 483. The number of nitrogens with one attached hydrogen (secondary N) is 1. The van der Waals surface area contributed by atoms with Gasteiger partial charge in [0, 0.05) is 24.5 Å². The SMILES string of the molecule is CC(CC(C)C(C)C)NC(=O)C(C)(C)CCOC(C)(C)CCOC(=O)C(C)C. The monoisotopic (exact) mass is 399 g/mol. The third kappa shape index (κ3) is 11.0. The molecule has 0 aliphatic heterocycles. The average molecular weight is 400 g/mol. The van der Waals surface area contributed by atoms with E-state index >= 15 is 0 Å². The second kappa shape index (κ2) is 11.8. The first kappa shape index (κ1) is 26.9. The molecular weight excluding hydrogens is 354 g/mol. The van der Waals surface area contributed by atoms with Crippen molar-refractivity contribution < 1.29 is 19.1 Å². The Hall–Kier alpha value is -1.10. The van der Waals surface area contributed by atoms with Crippen LogP contribution in [-0.2, 0) is 19.1 Å². The number of amides is 1. The molecule has 0 aliphatic rings. The predicted octanol–water partition coefficient (Wildman–Crippen LogP) is 4.97. The van der Waals surface area contributed by atoms with Crippen LogP contribution < -0.4 is 5.32 Å². The van der Waals surface area contributed by atoms with Gasteiger partial charge >= 0.3 is 5.97 Å². The van der Waals surface area contributed by atoms with Gasteiger partial charge in [-0.15, -0.1) is 0 Å². The molecule has 0 fully saturated rings. The third-order valence-corrected chi connectivity index (χ3v) is 5.50. The van der Waals surface area contributed by atoms with Crippen LogP contribution in [0.2, 0.25) is 0 Å². The predicted molar refractivity (Wildman–Crippen MR) is 115 cm³/mol. The Morgan fingerprint density at radius 1 is 0.893 bits per heavy atom. The number of esters is 1. The van der Waals surface area contributed by atoms with Crippen LogP contribution in [0.15, 0.2) is 0 Å². The van der Waals surface area contributed by atoms with Crippen molar-refractivity contribution in [2.75, 3.05) is 13.2 Å². The van der Waals surface area contributed by atoms with Crippen LogP contribution in [0, 0.1) is 23.2 Å². The van der Waals surface area contributed by atoms with E-state index in [0.717, 1.165) is 6.42 Å². The van der Waals surface area contributed by atoms with Gasteiger partial charge in [0.1, 0.15) is 0 Å². The molecule has 2 atom stereocenters. The van der Waals surface area contributed by atoms with Crippen molar-refractivity contribution in [1.82, 2.24) is 5.32 Å². The van der Waals surface area contributed by atoms with Gasteiger partial charge in [0.25, 0.3) is 0 Å². The van der Waals surface area contributed by atoms with Crippen LogP contribution in [0.1, 0.15) is 88.5 Å². The molecule has 0 bridgehead atoms. The van der Waals surface area contributed by atoms with Crippen molar-refractivity contribution in [1.29, 1.82) is 0 Å². The second-order valence-electron chi connectivity index (χ2n) is 10.1. The molecule has 0 rings (SSSR count). The minimum atomic E-state index is -0.491. The maximum absolute atomic E-state index is 12.7. The summed E-state index contributed by atoms with van der Waals surface area (Å²) < 4.78 is 11.2. The van der Waals surface area contributed by atoms with Gasteiger partial charge in [0.2, 0.25) is 5.91 Å². The molecular formula is C23H45NO4. The fourth-order valence-electron chi connectivity index (χ4n) is 2.64. The van der Waals surface area contributed by atoms with Gasteiger partial charge in [-0.3, -0.25) is 9.59 Å². The molecule has 5 nitrogen and oxygen atoms in total. The van der Waals surface area contributed by atoms with E-state index in [4.69, 9.17) is 9.47 Å². The first-order valence-electron chi connectivity index (χ1n) is 10.8. The topological polar surface area (TPSA) is 64.6 Å². The molecule has 0 saturated heterocycles. The summed E-state index contributed by atoms with van der Waals surface area (Å²) >= 11 is 0. The van der Waals surface area contributed by atoms with E-state index in [1.165, 1.54) is 0 Å². The summed E-state index contributed by atoms with van der Waals surface area (Å²) in [5, 5.41) is 3.16. The van der Waals surface area contributed by atoms with Crippen LogP contribution in [0.3, 0.4) is 0 Å². The van der Waals surface area contributed by atoms with Crippen molar-refractivity contribution in [2.45, 2.75) is 100 Å². The van der Waals surface area contributed by atoms with E-state index in [1.807, 2.05) is 41.5 Å². The Kier molecular flexibility index (Phi) is 11.3. The zero-order chi connectivity index (χ0) is 22.1. The van der Waals surface area contributed by atoms with Gasteiger partial charge in [-0.2, -0.15) is 0 Å². The van der Waals surface area contributed by atoms with Crippen LogP contribution in [0.25, 0.3) is 0 Å². The van der Waals surface area contributed by atoms with E-state index in [9.17, 15) is 9.59 Å². The number of carbonyl (C=O) groups excluding carboxylic acids is 2. The summed E-state index contributed by atoms with van der Waals surface area (Å²) in [7, 11) is 0. The average Bonchev–Trinajstić information content (AvgIpc) is 2.53. The fraction of sp³-hybridized carbons (Fsp3) is 0.913. The Morgan fingerprint density at radius 3 is 1.96 bits per heavy atom. The molecule has 0 aromatic rings. The molecule has 0 aliphatic carbocycles. The first-order valence-corrected chi connectivity index (χ1v) is 10.8. The summed E-state index contributed by atoms with van der Waals surface area (Å²) in [6.45, 7) is 21.1. The van der Waals surface area contributed by atoms with Crippen LogP contribution in [0.4, 0.5) is 0 Å². The lowest BCUT2D eigenvalue weighted by atomic mass is 9.87. The van der Waals surface area contributed by atoms with Crippen LogP contribution >= 0.6 is 0 Å². The first-order chi connectivity index (χ1) is 12.7. The lowest BCUT2D eigenvalue weighted by Crippen LogP contribution is -2.43. The van der Waals surface area contributed by atoms with Crippen molar-refractivity contribution in [3.63, 3.8) is 0 Å². The summed E-state index contributed by atoms with van der Waals surface area (Å²) in [5.74, 6) is 0.960. The van der Waals surface area contributed by atoms with Crippen LogP contribution in [0.5, 0.6) is 0 Å². The number of ether oxygens (including phenoxy) is 2. The summed E-state index contributed by atoms with van der Waals surface area (Å²) in [5.41, 5.74) is -0.890. The van der Waals surface area contributed by atoms with Gasteiger partial charge in [0.05, 0.1) is 18.1 Å². The number of carbonyl (C=O) groups is 2. The maximum atomic E-state index is 12.7. The molecule has 1 amide bonds. The normalized spacial score (nSPS) is 14.9. The highest BCUT2D eigenvalue weighted by atomic mass is 16.5. The van der Waals surface area contributed by atoms with Gasteiger partial charge in [-0.25, -0.2) is 0 Å². The second-order valence-corrected chi connectivity index (χ2v) is 10.1. The minimum absolute atomic E-state index is 0.0724. The zero-order valence-electron chi connectivity index (χ0n) is 20.0. The zero-order valence-corrected chi connectivity index (χ0v) is 20.0. The van der Waals surface area contributed by atoms with E-state index < -0.39 is 11.0 Å². The Morgan fingerprint density at radius 2 is 1.46 bits per heavy atom. The quantitative estimate of drug-likeness (QED) is 0.444.